The van der Waals surface area contributed by atoms with E-state index in [-0.39, 0.29) is 11.7 Å². The van der Waals surface area contributed by atoms with E-state index in [2.05, 4.69) is 0 Å². The molecule has 16 heavy (non-hydrogen) atoms. The Morgan fingerprint density at radius 1 is 1.31 bits per heavy atom. The maximum atomic E-state index is 12.1. The van der Waals surface area contributed by atoms with Gasteiger partial charge >= 0.3 is 0 Å². The average molecular weight is 217 g/mol. The van der Waals surface area contributed by atoms with Gasteiger partial charge in [-0.25, -0.2) is 0 Å². The van der Waals surface area contributed by atoms with Crippen LogP contribution in [0.25, 0.3) is 0 Å². The fourth-order valence-corrected chi connectivity index (χ4v) is 2.08. The lowest BCUT2D eigenvalue weighted by atomic mass is 9.89. The fraction of sp³-hybridized carbons (Fsp3) is 0.385. The number of rotatable bonds is 2. The summed E-state index contributed by atoms with van der Waals surface area (Å²) >= 11 is 0. The molecule has 1 heterocycles. The number of benzene rings is 1. The molecule has 0 spiro atoms. The predicted octanol–water partition coefficient (Wildman–Crippen LogP) is 1.74. The molecule has 3 heteroatoms. The topological polar surface area (TPSA) is 37.4 Å². The lowest BCUT2D eigenvalue weighted by Gasteiger charge is -2.28. The Morgan fingerprint density at radius 2 is 2.00 bits per heavy atom. The Kier molecular flexibility index (Phi) is 3.04. The molecule has 1 saturated heterocycles. The van der Waals surface area contributed by atoms with E-state index < -0.39 is 5.92 Å². The minimum Gasteiger partial charge on any atom is -0.345 e. The second kappa shape index (κ2) is 4.47. The molecule has 0 radical (unpaired) electrons. The summed E-state index contributed by atoms with van der Waals surface area (Å²) in [5, 5.41) is 0. The number of ketones is 1. The number of nitrogens with zero attached hydrogens (tertiary/aromatic N) is 1. The highest BCUT2D eigenvalue weighted by atomic mass is 16.2. The van der Waals surface area contributed by atoms with Gasteiger partial charge in [-0.05, 0) is 12.8 Å². The summed E-state index contributed by atoms with van der Waals surface area (Å²) in [6.07, 6.45) is 1.59. The van der Waals surface area contributed by atoms with Crippen molar-refractivity contribution in [2.24, 2.45) is 5.92 Å². The Morgan fingerprint density at radius 3 is 2.69 bits per heavy atom. The fourth-order valence-electron chi connectivity index (χ4n) is 2.08. The first-order valence-corrected chi connectivity index (χ1v) is 5.54. The largest absolute Gasteiger partial charge is 0.345 e. The number of carbonyl (C=O) groups excluding carboxylic acids is 2. The first-order chi connectivity index (χ1) is 7.70. The van der Waals surface area contributed by atoms with Gasteiger partial charge in [0.15, 0.2) is 5.78 Å². The third kappa shape index (κ3) is 1.98. The van der Waals surface area contributed by atoms with Gasteiger partial charge in [0.05, 0.1) is 0 Å². The summed E-state index contributed by atoms with van der Waals surface area (Å²) in [5.41, 5.74) is 0.635. The maximum absolute atomic E-state index is 12.1. The molecule has 1 aromatic rings. The van der Waals surface area contributed by atoms with Crippen LogP contribution in [0.5, 0.6) is 0 Å². The highest BCUT2D eigenvalue weighted by molar-refractivity contribution is 6.10. The van der Waals surface area contributed by atoms with Crippen LogP contribution >= 0.6 is 0 Å². The quantitative estimate of drug-likeness (QED) is 0.559. The van der Waals surface area contributed by atoms with E-state index in [0.717, 1.165) is 13.0 Å². The third-order valence-electron chi connectivity index (χ3n) is 3.04. The molecule has 0 aliphatic carbocycles. The van der Waals surface area contributed by atoms with Crippen LogP contribution in [0.1, 0.15) is 23.2 Å². The van der Waals surface area contributed by atoms with Gasteiger partial charge < -0.3 is 4.90 Å². The Hall–Kier alpha value is -1.64. The van der Waals surface area contributed by atoms with Gasteiger partial charge in [0.25, 0.3) is 0 Å². The minimum atomic E-state index is -0.471. The number of hydrogen-bond donors (Lipinski definition) is 0. The maximum Gasteiger partial charge on any atom is 0.233 e. The number of carbonyl (C=O) groups is 2. The van der Waals surface area contributed by atoms with Crippen LogP contribution in [0.15, 0.2) is 30.3 Å². The highest BCUT2D eigenvalue weighted by Gasteiger charge is 2.32. The molecule has 0 saturated carbocycles. The van der Waals surface area contributed by atoms with E-state index in [1.165, 1.54) is 0 Å². The van der Waals surface area contributed by atoms with Crippen LogP contribution in [0.4, 0.5) is 0 Å². The number of piperidine rings is 1. The molecule has 84 valence electrons. The van der Waals surface area contributed by atoms with Crippen molar-refractivity contribution in [2.75, 3.05) is 13.6 Å². The van der Waals surface area contributed by atoms with Crippen molar-refractivity contribution in [2.45, 2.75) is 12.8 Å². The van der Waals surface area contributed by atoms with Crippen molar-refractivity contribution in [1.29, 1.82) is 0 Å². The molecular formula is C13H15NO2. The summed E-state index contributed by atoms with van der Waals surface area (Å²) in [6.45, 7) is 0.761. The molecule has 3 nitrogen and oxygen atoms in total. The SMILES string of the molecule is CN1CCCC(C(=O)c2ccccc2)C1=O. The molecule has 0 bridgehead atoms. The Balaban J connectivity index is 2.19. The van der Waals surface area contributed by atoms with Gasteiger partial charge in [-0.2, -0.15) is 0 Å². The molecular weight excluding hydrogens is 202 g/mol. The van der Waals surface area contributed by atoms with E-state index in [1.807, 2.05) is 18.2 Å². The van der Waals surface area contributed by atoms with Crippen LogP contribution < -0.4 is 0 Å². The number of hydrogen-bond acceptors (Lipinski definition) is 2. The zero-order valence-corrected chi connectivity index (χ0v) is 9.35. The van der Waals surface area contributed by atoms with Gasteiger partial charge in [0.2, 0.25) is 5.91 Å². The van der Waals surface area contributed by atoms with E-state index in [9.17, 15) is 9.59 Å². The van der Waals surface area contributed by atoms with Gasteiger partial charge in [0.1, 0.15) is 5.92 Å². The van der Waals surface area contributed by atoms with Crippen molar-refractivity contribution in [1.82, 2.24) is 4.90 Å². The molecule has 1 fully saturated rings. The van der Waals surface area contributed by atoms with Crippen LogP contribution in [0, 0.1) is 5.92 Å². The van der Waals surface area contributed by atoms with Crippen LogP contribution in [-0.2, 0) is 4.79 Å². The smallest absolute Gasteiger partial charge is 0.233 e. The number of Topliss-reactive ketones (excluding diaryl/α,β-unsaturated/α-hetero) is 1. The monoisotopic (exact) mass is 217 g/mol. The molecule has 0 aromatic heterocycles. The van der Waals surface area contributed by atoms with Crippen molar-refractivity contribution < 1.29 is 9.59 Å². The standard InChI is InChI=1S/C13H15NO2/c1-14-9-5-8-11(13(14)16)12(15)10-6-3-2-4-7-10/h2-4,6-7,11H,5,8-9H2,1H3. The normalized spacial score (nSPS) is 20.9. The molecule has 1 unspecified atom stereocenters. The summed E-state index contributed by atoms with van der Waals surface area (Å²) in [7, 11) is 1.76. The third-order valence-corrected chi connectivity index (χ3v) is 3.04. The van der Waals surface area contributed by atoms with E-state index in [0.29, 0.717) is 12.0 Å². The zero-order valence-electron chi connectivity index (χ0n) is 9.35. The molecule has 0 N–H and O–H groups in total. The molecule has 2 rings (SSSR count). The minimum absolute atomic E-state index is 0.0416. The number of amides is 1. The van der Waals surface area contributed by atoms with E-state index >= 15 is 0 Å². The van der Waals surface area contributed by atoms with Gasteiger partial charge in [-0.3, -0.25) is 9.59 Å². The van der Waals surface area contributed by atoms with Gasteiger partial charge in [-0.1, -0.05) is 30.3 Å². The van der Waals surface area contributed by atoms with Crippen LogP contribution in [0.3, 0.4) is 0 Å². The van der Waals surface area contributed by atoms with Crippen molar-refractivity contribution >= 4 is 11.7 Å². The first kappa shape index (κ1) is 10.9. The molecule has 1 amide bonds. The lowest BCUT2D eigenvalue weighted by molar-refractivity contribution is -0.134. The van der Waals surface area contributed by atoms with Gasteiger partial charge in [-0.15, -0.1) is 0 Å². The van der Waals surface area contributed by atoms with Crippen molar-refractivity contribution in [3.8, 4) is 0 Å². The lowest BCUT2D eigenvalue weighted by Crippen LogP contribution is -2.41. The Labute approximate surface area is 95.1 Å². The van der Waals surface area contributed by atoms with E-state index in [1.54, 1.807) is 24.1 Å². The van der Waals surface area contributed by atoms with Crippen LogP contribution in [0.2, 0.25) is 0 Å². The summed E-state index contributed by atoms with van der Waals surface area (Å²) in [6, 6.07) is 9.05. The molecule has 1 atom stereocenters. The number of likely N-dealkylation sites (tertiary alicyclic amines) is 1. The van der Waals surface area contributed by atoms with E-state index in [4.69, 9.17) is 0 Å². The van der Waals surface area contributed by atoms with Crippen LogP contribution in [-0.4, -0.2) is 30.2 Å². The first-order valence-electron chi connectivity index (χ1n) is 5.54. The van der Waals surface area contributed by atoms with Crippen molar-refractivity contribution in [3.05, 3.63) is 35.9 Å². The second-order valence-corrected chi connectivity index (χ2v) is 4.18. The predicted molar refractivity (Wildman–Crippen MR) is 61.1 cm³/mol. The summed E-state index contributed by atoms with van der Waals surface area (Å²) in [4.78, 5) is 25.6. The highest BCUT2D eigenvalue weighted by Crippen LogP contribution is 2.21. The molecule has 1 aromatic carbocycles. The van der Waals surface area contributed by atoms with Crippen molar-refractivity contribution in [3.63, 3.8) is 0 Å². The summed E-state index contributed by atoms with van der Waals surface area (Å²) < 4.78 is 0. The second-order valence-electron chi connectivity index (χ2n) is 4.18. The van der Waals surface area contributed by atoms with Gasteiger partial charge in [0, 0.05) is 19.2 Å². The summed E-state index contributed by atoms with van der Waals surface area (Å²) in [5.74, 6) is -0.557. The zero-order chi connectivity index (χ0) is 11.5. The average Bonchev–Trinajstić information content (AvgIpc) is 2.33. The molecule has 1 aliphatic rings. The Bertz CT molecular complexity index is 400. The molecule has 1 aliphatic heterocycles.